The van der Waals surface area contributed by atoms with Gasteiger partial charge in [0.15, 0.2) is 0 Å². The molecule has 1 atom stereocenters. The summed E-state index contributed by atoms with van der Waals surface area (Å²) in [5, 5.41) is 9.46. The molecule has 0 saturated heterocycles. The molecule has 0 saturated carbocycles. The van der Waals surface area contributed by atoms with E-state index in [-0.39, 0.29) is 19.4 Å². The minimum absolute atomic E-state index is 0.00207. The fourth-order valence-corrected chi connectivity index (χ4v) is 2.45. The first-order chi connectivity index (χ1) is 12.2. The lowest BCUT2D eigenvalue weighted by atomic mass is 9.79. The summed E-state index contributed by atoms with van der Waals surface area (Å²) in [7, 11) is 0. The number of esters is 1. The first-order valence-electron chi connectivity index (χ1n) is 8.03. The van der Waals surface area contributed by atoms with Gasteiger partial charge in [0.05, 0.1) is 17.0 Å². The molecule has 3 nitrogen and oxygen atoms in total. The molecule has 0 unspecified atom stereocenters. The summed E-state index contributed by atoms with van der Waals surface area (Å²) >= 11 is 0. The van der Waals surface area contributed by atoms with Crippen LogP contribution in [-0.4, -0.2) is 5.97 Å². The second-order valence-corrected chi connectivity index (χ2v) is 6.17. The molecule has 0 aliphatic rings. The number of benzene rings is 2. The van der Waals surface area contributed by atoms with E-state index in [0.717, 1.165) is 17.7 Å². The van der Waals surface area contributed by atoms with Crippen molar-refractivity contribution in [2.45, 2.75) is 38.0 Å². The maximum atomic E-state index is 12.7. The summed E-state index contributed by atoms with van der Waals surface area (Å²) in [6.45, 7) is 1.74. The zero-order valence-electron chi connectivity index (χ0n) is 14.2. The Bertz CT molecular complexity index is 779. The molecule has 0 amide bonds. The maximum absolute atomic E-state index is 12.7. The van der Waals surface area contributed by atoms with Gasteiger partial charge in [0.25, 0.3) is 0 Å². The molecule has 2 rings (SSSR count). The Morgan fingerprint density at radius 1 is 1.04 bits per heavy atom. The van der Waals surface area contributed by atoms with Crippen LogP contribution in [0.25, 0.3) is 0 Å². The number of halogens is 3. The molecule has 2 aromatic carbocycles. The van der Waals surface area contributed by atoms with Gasteiger partial charge >= 0.3 is 12.1 Å². The van der Waals surface area contributed by atoms with Gasteiger partial charge < -0.3 is 4.74 Å². The number of alkyl halides is 3. The average molecular weight is 361 g/mol. The second kappa shape index (κ2) is 8.05. The van der Waals surface area contributed by atoms with Crippen LogP contribution in [0.15, 0.2) is 54.6 Å². The zero-order chi connectivity index (χ0) is 19.2. The van der Waals surface area contributed by atoms with Gasteiger partial charge in [0, 0.05) is 6.42 Å². The topological polar surface area (TPSA) is 50.1 Å². The Kier molecular flexibility index (Phi) is 6.04. The van der Waals surface area contributed by atoms with Gasteiger partial charge in [-0.2, -0.15) is 18.4 Å². The van der Waals surface area contributed by atoms with E-state index in [4.69, 9.17) is 4.74 Å². The SMILES string of the molecule is C[C@](C#N)(CCC(=O)OCc1ccccc1)c1ccc(C(F)(F)F)cc1. The molecule has 0 N–H and O–H groups in total. The largest absolute Gasteiger partial charge is 0.461 e. The smallest absolute Gasteiger partial charge is 0.416 e. The standard InChI is InChI=1S/C20H18F3NO2/c1-19(14-24,16-7-9-17(10-8-16)20(21,22)23)12-11-18(25)26-13-15-5-3-2-4-6-15/h2-10H,11-13H2,1H3/t19-/m1/s1. The number of hydrogen-bond donors (Lipinski definition) is 0. The van der Waals surface area contributed by atoms with E-state index >= 15 is 0 Å². The van der Waals surface area contributed by atoms with Gasteiger partial charge in [-0.3, -0.25) is 4.79 Å². The Morgan fingerprint density at radius 2 is 1.62 bits per heavy atom. The van der Waals surface area contributed by atoms with E-state index in [1.54, 1.807) is 6.92 Å². The first-order valence-corrected chi connectivity index (χ1v) is 8.03. The Hall–Kier alpha value is -2.81. The van der Waals surface area contributed by atoms with Crippen molar-refractivity contribution in [1.82, 2.24) is 0 Å². The van der Waals surface area contributed by atoms with Gasteiger partial charge in [-0.25, -0.2) is 0 Å². The molecule has 6 heteroatoms. The lowest BCUT2D eigenvalue weighted by Crippen LogP contribution is -2.22. The van der Waals surface area contributed by atoms with Crippen LogP contribution >= 0.6 is 0 Å². The summed E-state index contributed by atoms with van der Waals surface area (Å²) in [5.74, 6) is -0.456. The van der Waals surface area contributed by atoms with Crippen molar-refractivity contribution >= 4 is 5.97 Å². The van der Waals surface area contributed by atoms with Crippen LogP contribution in [-0.2, 0) is 27.7 Å². The Labute approximate surface area is 150 Å². The average Bonchev–Trinajstić information content (AvgIpc) is 2.64. The number of nitriles is 1. The summed E-state index contributed by atoms with van der Waals surface area (Å²) < 4.78 is 43.1. The zero-order valence-corrected chi connectivity index (χ0v) is 14.2. The number of nitrogens with zero attached hydrogens (tertiary/aromatic N) is 1. The van der Waals surface area contributed by atoms with Gasteiger partial charge in [-0.1, -0.05) is 42.5 Å². The van der Waals surface area contributed by atoms with E-state index in [1.807, 2.05) is 30.3 Å². The third-order valence-electron chi connectivity index (χ3n) is 4.17. The fraction of sp³-hybridized carbons (Fsp3) is 0.300. The van der Waals surface area contributed by atoms with E-state index in [2.05, 4.69) is 6.07 Å². The van der Waals surface area contributed by atoms with Crippen molar-refractivity contribution in [1.29, 1.82) is 5.26 Å². The summed E-state index contributed by atoms with van der Waals surface area (Å²) in [5.41, 5.74) is -0.560. The minimum atomic E-state index is -4.43. The van der Waals surface area contributed by atoms with Crippen molar-refractivity contribution in [2.75, 3.05) is 0 Å². The Balaban J connectivity index is 1.96. The van der Waals surface area contributed by atoms with Crippen LogP contribution in [0, 0.1) is 11.3 Å². The minimum Gasteiger partial charge on any atom is -0.461 e. The van der Waals surface area contributed by atoms with Crippen LogP contribution in [0.2, 0.25) is 0 Å². The predicted octanol–water partition coefficient (Wildman–Crippen LogP) is 5.01. The maximum Gasteiger partial charge on any atom is 0.416 e. The van der Waals surface area contributed by atoms with Gasteiger partial charge in [-0.05, 0) is 36.6 Å². The highest BCUT2D eigenvalue weighted by atomic mass is 19.4. The van der Waals surface area contributed by atoms with E-state index in [9.17, 15) is 23.2 Å². The number of carbonyl (C=O) groups excluding carboxylic acids is 1. The Morgan fingerprint density at radius 3 is 2.15 bits per heavy atom. The normalized spacial score (nSPS) is 13.5. The quantitative estimate of drug-likeness (QED) is 0.680. The summed E-state index contributed by atoms with van der Waals surface area (Å²) in [6, 6.07) is 15.7. The van der Waals surface area contributed by atoms with Crippen molar-refractivity contribution in [3.05, 3.63) is 71.3 Å². The third kappa shape index (κ3) is 5.09. The molecule has 136 valence electrons. The highest BCUT2D eigenvalue weighted by molar-refractivity contribution is 5.69. The molecule has 0 aliphatic heterocycles. The monoisotopic (exact) mass is 361 g/mol. The molecule has 0 bridgehead atoms. The third-order valence-corrected chi connectivity index (χ3v) is 4.17. The molecule has 0 fully saturated rings. The molecule has 2 aromatic rings. The van der Waals surface area contributed by atoms with Gasteiger partial charge in [0.2, 0.25) is 0 Å². The number of hydrogen-bond acceptors (Lipinski definition) is 3. The lowest BCUT2D eigenvalue weighted by molar-refractivity contribution is -0.145. The van der Waals surface area contributed by atoms with E-state index < -0.39 is 23.1 Å². The lowest BCUT2D eigenvalue weighted by Gasteiger charge is -2.22. The van der Waals surface area contributed by atoms with Crippen molar-refractivity contribution in [3.63, 3.8) is 0 Å². The fourth-order valence-electron chi connectivity index (χ4n) is 2.45. The van der Waals surface area contributed by atoms with Crippen LogP contribution in [0.3, 0.4) is 0 Å². The number of carbonyl (C=O) groups is 1. The molecule has 0 aliphatic carbocycles. The van der Waals surface area contributed by atoms with E-state index in [1.165, 1.54) is 12.1 Å². The highest BCUT2D eigenvalue weighted by Crippen LogP contribution is 2.33. The molecule has 0 radical (unpaired) electrons. The van der Waals surface area contributed by atoms with Crippen LogP contribution in [0.4, 0.5) is 13.2 Å². The van der Waals surface area contributed by atoms with Crippen molar-refractivity contribution < 1.29 is 22.7 Å². The molecule has 26 heavy (non-hydrogen) atoms. The molecular weight excluding hydrogens is 343 g/mol. The molecular formula is C20H18F3NO2. The number of ether oxygens (including phenoxy) is 1. The predicted molar refractivity (Wildman–Crippen MR) is 89.9 cm³/mol. The molecule has 0 aromatic heterocycles. The van der Waals surface area contributed by atoms with E-state index in [0.29, 0.717) is 5.56 Å². The van der Waals surface area contributed by atoms with Crippen LogP contribution in [0.5, 0.6) is 0 Å². The van der Waals surface area contributed by atoms with Crippen molar-refractivity contribution in [3.8, 4) is 6.07 Å². The first kappa shape index (κ1) is 19.5. The summed E-state index contributed by atoms with van der Waals surface area (Å²) in [6.07, 6.45) is -4.27. The highest BCUT2D eigenvalue weighted by Gasteiger charge is 2.32. The molecule has 0 heterocycles. The second-order valence-electron chi connectivity index (χ2n) is 6.17. The summed E-state index contributed by atoms with van der Waals surface area (Å²) in [4.78, 5) is 11.9. The van der Waals surface area contributed by atoms with Gasteiger partial charge in [-0.15, -0.1) is 0 Å². The van der Waals surface area contributed by atoms with Gasteiger partial charge in [0.1, 0.15) is 6.61 Å². The van der Waals surface area contributed by atoms with Crippen molar-refractivity contribution in [2.24, 2.45) is 0 Å². The van der Waals surface area contributed by atoms with Crippen LogP contribution < -0.4 is 0 Å². The van der Waals surface area contributed by atoms with Crippen LogP contribution in [0.1, 0.15) is 36.5 Å². The molecule has 0 spiro atoms. The number of rotatable bonds is 6.